The van der Waals surface area contributed by atoms with Gasteiger partial charge in [0.15, 0.2) is 0 Å². The minimum atomic E-state index is -3.79. The highest BCUT2D eigenvalue weighted by atomic mass is 32.2. The molecule has 37 heavy (non-hydrogen) atoms. The standard InChI is InChI=1S/C29H35N3O4S/c1-21-11-14-25(15-12-21)19-31(27(29(34)30-4)18-24-9-7-6-8-10-24)28(33)20-32(37(5,35)36)26-16-13-22(2)17-23(26)3/h6-17,27H,18-20H2,1-5H3,(H,30,34). The fourth-order valence-electron chi connectivity index (χ4n) is 4.29. The third kappa shape index (κ3) is 7.43. The number of carbonyl (C=O) groups is 2. The number of sulfonamides is 1. The number of amides is 2. The van der Waals surface area contributed by atoms with Gasteiger partial charge >= 0.3 is 0 Å². The Morgan fingerprint density at radius 2 is 1.49 bits per heavy atom. The van der Waals surface area contributed by atoms with E-state index in [-0.39, 0.29) is 12.5 Å². The minimum Gasteiger partial charge on any atom is -0.357 e. The van der Waals surface area contributed by atoms with E-state index in [0.29, 0.717) is 12.1 Å². The van der Waals surface area contributed by atoms with E-state index in [9.17, 15) is 18.0 Å². The van der Waals surface area contributed by atoms with Crippen LogP contribution in [0.4, 0.5) is 5.69 Å². The molecular formula is C29H35N3O4S. The molecule has 0 aliphatic rings. The van der Waals surface area contributed by atoms with Crippen LogP contribution in [0.25, 0.3) is 0 Å². The number of nitrogens with one attached hydrogen (secondary N) is 1. The quantitative estimate of drug-likeness (QED) is 0.440. The maximum absolute atomic E-state index is 13.9. The van der Waals surface area contributed by atoms with Gasteiger partial charge in [-0.1, -0.05) is 77.9 Å². The Hall–Kier alpha value is -3.65. The van der Waals surface area contributed by atoms with E-state index >= 15 is 0 Å². The molecule has 8 heteroatoms. The van der Waals surface area contributed by atoms with Gasteiger partial charge in [-0.3, -0.25) is 13.9 Å². The normalized spacial score (nSPS) is 12.0. The van der Waals surface area contributed by atoms with E-state index in [1.807, 2.05) is 87.5 Å². The zero-order valence-corrected chi connectivity index (χ0v) is 22.9. The van der Waals surface area contributed by atoms with Crippen LogP contribution in [0, 0.1) is 20.8 Å². The number of rotatable bonds is 10. The lowest BCUT2D eigenvalue weighted by Crippen LogP contribution is -2.53. The number of aryl methyl sites for hydroxylation is 3. The molecule has 0 saturated heterocycles. The topological polar surface area (TPSA) is 86.8 Å². The zero-order valence-electron chi connectivity index (χ0n) is 22.1. The summed E-state index contributed by atoms with van der Waals surface area (Å²) in [6.07, 6.45) is 1.38. The summed E-state index contributed by atoms with van der Waals surface area (Å²) in [6, 6.07) is 21.8. The summed E-state index contributed by atoms with van der Waals surface area (Å²) >= 11 is 0. The first kappa shape index (κ1) is 27.9. The van der Waals surface area contributed by atoms with Crippen molar-refractivity contribution in [2.75, 3.05) is 24.2 Å². The molecule has 0 fully saturated rings. The van der Waals surface area contributed by atoms with Crippen molar-refractivity contribution in [3.63, 3.8) is 0 Å². The molecule has 1 N–H and O–H groups in total. The fraction of sp³-hybridized carbons (Fsp3) is 0.310. The van der Waals surface area contributed by atoms with Crippen LogP contribution in [0.2, 0.25) is 0 Å². The van der Waals surface area contributed by atoms with Crippen molar-refractivity contribution in [2.45, 2.75) is 39.8 Å². The second kappa shape index (κ2) is 12.1. The Morgan fingerprint density at radius 1 is 0.865 bits per heavy atom. The van der Waals surface area contributed by atoms with Crippen LogP contribution in [0.15, 0.2) is 72.8 Å². The van der Waals surface area contributed by atoms with Crippen molar-refractivity contribution >= 4 is 27.5 Å². The highest BCUT2D eigenvalue weighted by molar-refractivity contribution is 7.92. The van der Waals surface area contributed by atoms with E-state index in [2.05, 4.69) is 5.32 Å². The molecule has 0 spiro atoms. The van der Waals surface area contributed by atoms with Crippen LogP contribution in [0.3, 0.4) is 0 Å². The Kier molecular flexibility index (Phi) is 9.10. The summed E-state index contributed by atoms with van der Waals surface area (Å²) in [6.45, 7) is 5.46. The van der Waals surface area contributed by atoms with Gasteiger partial charge in [0, 0.05) is 20.0 Å². The Labute approximate surface area is 220 Å². The van der Waals surface area contributed by atoms with Crippen LogP contribution in [0.1, 0.15) is 27.8 Å². The first-order valence-corrected chi connectivity index (χ1v) is 14.0. The maximum Gasteiger partial charge on any atom is 0.244 e. The van der Waals surface area contributed by atoms with Gasteiger partial charge in [-0.05, 0) is 43.5 Å². The maximum atomic E-state index is 13.9. The molecule has 0 radical (unpaired) electrons. The predicted octanol–water partition coefficient (Wildman–Crippen LogP) is 3.76. The largest absolute Gasteiger partial charge is 0.357 e. The first-order valence-electron chi connectivity index (χ1n) is 12.1. The number of hydrogen-bond donors (Lipinski definition) is 1. The summed E-state index contributed by atoms with van der Waals surface area (Å²) in [4.78, 5) is 28.5. The number of likely N-dealkylation sites (N-methyl/N-ethyl adjacent to an activating group) is 1. The lowest BCUT2D eigenvalue weighted by molar-refractivity contribution is -0.139. The van der Waals surface area contributed by atoms with Gasteiger partial charge in [-0.25, -0.2) is 8.42 Å². The van der Waals surface area contributed by atoms with E-state index in [1.165, 1.54) is 11.9 Å². The molecule has 0 bridgehead atoms. The predicted molar refractivity (Wildman–Crippen MR) is 148 cm³/mol. The van der Waals surface area contributed by atoms with Gasteiger partial charge in [0.05, 0.1) is 11.9 Å². The molecule has 3 rings (SSSR count). The third-order valence-electron chi connectivity index (χ3n) is 6.29. The molecule has 7 nitrogen and oxygen atoms in total. The number of nitrogens with zero attached hydrogens (tertiary/aromatic N) is 2. The molecule has 196 valence electrons. The average Bonchev–Trinajstić information content (AvgIpc) is 2.85. The summed E-state index contributed by atoms with van der Waals surface area (Å²) in [5.74, 6) is -0.780. The molecule has 3 aromatic carbocycles. The summed E-state index contributed by atoms with van der Waals surface area (Å²) in [5.41, 5.74) is 4.99. The lowest BCUT2D eigenvalue weighted by atomic mass is 10.0. The fourth-order valence-corrected chi connectivity index (χ4v) is 5.20. The molecule has 0 aliphatic heterocycles. The van der Waals surface area contributed by atoms with Crippen LogP contribution < -0.4 is 9.62 Å². The molecule has 0 aliphatic carbocycles. The summed E-state index contributed by atoms with van der Waals surface area (Å²) < 4.78 is 26.8. The zero-order chi connectivity index (χ0) is 27.2. The van der Waals surface area contributed by atoms with Crippen LogP contribution >= 0.6 is 0 Å². The van der Waals surface area contributed by atoms with E-state index in [1.54, 1.807) is 6.07 Å². The van der Waals surface area contributed by atoms with E-state index in [4.69, 9.17) is 0 Å². The van der Waals surface area contributed by atoms with Crippen molar-refractivity contribution in [1.29, 1.82) is 0 Å². The smallest absolute Gasteiger partial charge is 0.244 e. The van der Waals surface area contributed by atoms with E-state index in [0.717, 1.165) is 38.4 Å². The Morgan fingerprint density at radius 3 is 2.05 bits per heavy atom. The number of benzene rings is 3. The third-order valence-corrected chi connectivity index (χ3v) is 7.42. The van der Waals surface area contributed by atoms with Gasteiger partial charge in [0.1, 0.15) is 12.6 Å². The first-order chi connectivity index (χ1) is 17.5. The molecule has 3 aromatic rings. The monoisotopic (exact) mass is 521 g/mol. The molecule has 0 heterocycles. The van der Waals surface area contributed by atoms with Crippen LogP contribution in [-0.2, 0) is 32.6 Å². The second-order valence-corrected chi connectivity index (χ2v) is 11.3. The van der Waals surface area contributed by atoms with Gasteiger partial charge in [-0.15, -0.1) is 0 Å². The van der Waals surface area contributed by atoms with Crippen LogP contribution in [0.5, 0.6) is 0 Å². The molecule has 1 atom stereocenters. The van der Waals surface area contributed by atoms with Gasteiger partial charge < -0.3 is 10.2 Å². The lowest BCUT2D eigenvalue weighted by Gasteiger charge is -2.33. The highest BCUT2D eigenvalue weighted by Gasteiger charge is 2.32. The van der Waals surface area contributed by atoms with Crippen molar-refractivity contribution < 1.29 is 18.0 Å². The number of carbonyl (C=O) groups excluding carboxylic acids is 2. The average molecular weight is 522 g/mol. The minimum absolute atomic E-state index is 0.161. The molecule has 2 amide bonds. The van der Waals surface area contributed by atoms with Crippen molar-refractivity contribution in [3.8, 4) is 0 Å². The van der Waals surface area contributed by atoms with Crippen molar-refractivity contribution in [1.82, 2.24) is 10.2 Å². The van der Waals surface area contributed by atoms with E-state index < -0.39 is 28.5 Å². The van der Waals surface area contributed by atoms with Gasteiger partial charge in [0.2, 0.25) is 21.8 Å². The van der Waals surface area contributed by atoms with Crippen LogP contribution in [-0.4, -0.2) is 51.0 Å². The summed E-state index contributed by atoms with van der Waals surface area (Å²) in [7, 11) is -2.25. The van der Waals surface area contributed by atoms with Crippen molar-refractivity contribution in [2.24, 2.45) is 0 Å². The van der Waals surface area contributed by atoms with Gasteiger partial charge in [-0.2, -0.15) is 0 Å². The molecular weight excluding hydrogens is 486 g/mol. The van der Waals surface area contributed by atoms with Crippen molar-refractivity contribution in [3.05, 3.63) is 101 Å². The second-order valence-electron chi connectivity index (χ2n) is 9.39. The summed E-state index contributed by atoms with van der Waals surface area (Å²) in [5, 5.41) is 2.68. The number of hydrogen-bond acceptors (Lipinski definition) is 4. The highest BCUT2D eigenvalue weighted by Crippen LogP contribution is 2.24. The SMILES string of the molecule is CNC(=O)C(Cc1ccccc1)N(Cc1ccc(C)cc1)C(=O)CN(c1ccc(C)cc1C)S(C)(=O)=O. The molecule has 1 unspecified atom stereocenters. The molecule has 0 aromatic heterocycles. The Bertz CT molecular complexity index is 1340. The number of anilines is 1. The molecule has 0 saturated carbocycles. The van der Waals surface area contributed by atoms with Gasteiger partial charge in [0.25, 0.3) is 0 Å². The Balaban J connectivity index is 2.04.